The fraction of sp³-hybridized carbons (Fsp3) is 0.562. The zero-order valence-electron chi connectivity index (χ0n) is 12.6. The van der Waals surface area contributed by atoms with Gasteiger partial charge in [-0.1, -0.05) is 0 Å². The summed E-state index contributed by atoms with van der Waals surface area (Å²) in [5, 5.41) is 0. The van der Waals surface area contributed by atoms with Crippen LogP contribution < -0.4 is 10.5 Å². The number of hydrogen-bond donors (Lipinski definition) is 1. The molecule has 0 aromatic heterocycles. The first-order valence-electron chi connectivity index (χ1n) is 7.39. The second kappa shape index (κ2) is 6.16. The number of carbonyl (C=O) groups excluding carboxylic acids is 1. The molecule has 4 nitrogen and oxygen atoms in total. The second-order valence-corrected chi connectivity index (χ2v) is 5.53. The molecule has 0 bridgehead atoms. The van der Waals surface area contributed by atoms with Gasteiger partial charge in [-0.2, -0.15) is 0 Å². The van der Waals surface area contributed by atoms with Gasteiger partial charge in [0.15, 0.2) is 0 Å². The smallest absolute Gasteiger partial charge is 0.254 e. The average molecular weight is 276 g/mol. The molecule has 20 heavy (non-hydrogen) atoms. The molecule has 1 aliphatic heterocycles. The van der Waals surface area contributed by atoms with Crippen LogP contribution in [0, 0.1) is 0 Å². The minimum absolute atomic E-state index is 0.0689. The Bertz CT molecular complexity index is 477. The van der Waals surface area contributed by atoms with Crippen molar-refractivity contribution < 1.29 is 9.53 Å². The van der Waals surface area contributed by atoms with Crippen molar-refractivity contribution in [2.45, 2.75) is 52.1 Å². The first-order chi connectivity index (χ1) is 9.54. The van der Waals surface area contributed by atoms with Crippen molar-refractivity contribution in [1.29, 1.82) is 0 Å². The van der Waals surface area contributed by atoms with Gasteiger partial charge >= 0.3 is 0 Å². The van der Waals surface area contributed by atoms with E-state index in [1.807, 2.05) is 11.8 Å². The zero-order valence-corrected chi connectivity index (χ0v) is 12.6. The van der Waals surface area contributed by atoms with E-state index in [1.165, 1.54) is 6.42 Å². The summed E-state index contributed by atoms with van der Waals surface area (Å²) in [6.45, 7) is 6.71. The van der Waals surface area contributed by atoms with E-state index in [1.54, 1.807) is 18.2 Å². The number of hydrogen-bond acceptors (Lipinski definition) is 3. The number of benzene rings is 1. The normalized spacial score (nSPS) is 22.6. The lowest BCUT2D eigenvalue weighted by atomic mass is 9.96. The van der Waals surface area contributed by atoms with Crippen LogP contribution in [-0.4, -0.2) is 29.5 Å². The first-order valence-corrected chi connectivity index (χ1v) is 7.39. The van der Waals surface area contributed by atoms with Crippen molar-refractivity contribution in [3.63, 3.8) is 0 Å². The third-order valence-corrected chi connectivity index (χ3v) is 3.98. The number of rotatable bonds is 3. The Morgan fingerprint density at radius 2 is 2.00 bits per heavy atom. The number of nitrogens with zero attached hydrogens (tertiary/aromatic N) is 1. The largest absolute Gasteiger partial charge is 0.492 e. The maximum atomic E-state index is 12.7. The van der Waals surface area contributed by atoms with E-state index in [0.29, 0.717) is 35.7 Å². The Kier molecular flexibility index (Phi) is 4.53. The Hall–Kier alpha value is -1.71. The number of likely N-dealkylation sites (tertiary alicyclic amines) is 1. The van der Waals surface area contributed by atoms with Gasteiger partial charge in [0.2, 0.25) is 0 Å². The van der Waals surface area contributed by atoms with E-state index < -0.39 is 0 Å². The fourth-order valence-electron chi connectivity index (χ4n) is 2.94. The van der Waals surface area contributed by atoms with Gasteiger partial charge in [-0.05, 0) is 58.2 Å². The molecule has 1 fully saturated rings. The molecule has 1 aliphatic rings. The Morgan fingerprint density at radius 1 is 1.35 bits per heavy atom. The molecule has 0 aliphatic carbocycles. The SMILES string of the molecule is CCOc1ccc(C(=O)N2C(C)CCCC2C)cc1N. The Morgan fingerprint density at radius 3 is 2.55 bits per heavy atom. The van der Waals surface area contributed by atoms with Crippen LogP contribution in [0.25, 0.3) is 0 Å². The summed E-state index contributed by atoms with van der Waals surface area (Å²) >= 11 is 0. The van der Waals surface area contributed by atoms with Gasteiger partial charge in [0.1, 0.15) is 5.75 Å². The predicted octanol–water partition coefficient (Wildman–Crippen LogP) is 3.07. The molecule has 2 rings (SSSR count). The van der Waals surface area contributed by atoms with Gasteiger partial charge in [0.05, 0.1) is 12.3 Å². The van der Waals surface area contributed by atoms with Gasteiger partial charge < -0.3 is 15.4 Å². The number of carbonyl (C=O) groups is 1. The predicted molar refractivity (Wildman–Crippen MR) is 81.0 cm³/mol. The first kappa shape index (κ1) is 14.7. The van der Waals surface area contributed by atoms with Gasteiger partial charge in [0.25, 0.3) is 5.91 Å². The highest BCUT2D eigenvalue weighted by Gasteiger charge is 2.29. The van der Waals surface area contributed by atoms with Gasteiger partial charge in [-0.25, -0.2) is 0 Å². The van der Waals surface area contributed by atoms with Crippen molar-refractivity contribution >= 4 is 11.6 Å². The third-order valence-electron chi connectivity index (χ3n) is 3.98. The van der Waals surface area contributed by atoms with Crippen LogP contribution in [0.5, 0.6) is 5.75 Å². The van der Waals surface area contributed by atoms with E-state index in [2.05, 4.69) is 13.8 Å². The zero-order chi connectivity index (χ0) is 14.7. The monoisotopic (exact) mass is 276 g/mol. The minimum Gasteiger partial charge on any atom is -0.492 e. The van der Waals surface area contributed by atoms with Gasteiger partial charge in [-0.3, -0.25) is 4.79 Å². The molecule has 1 amide bonds. The van der Waals surface area contributed by atoms with Crippen molar-refractivity contribution in [2.75, 3.05) is 12.3 Å². The maximum absolute atomic E-state index is 12.7. The van der Waals surface area contributed by atoms with Crippen molar-refractivity contribution in [3.8, 4) is 5.75 Å². The molecule has 1 heterocycles. The molecule has 4 heteroatoms. The summed E-state index contributed by atoms with van der Waals surface area (Å²) in [4.78, 5) is 14.7. The van der Waals surface area contributed by atoms with Crippen LogP contribution in [0.3, 0.4) is 0 Å². The van der Waals surface area contributed by atoms with Crippen LogP contribution in [0.4, 0.5) is 5.69 Å². The number of amides is 1. The van der Waals surface area contributed by atoms with E-state index in [4.69, 9.17) is 10.5 Å². The molecule has 2 N–H and O–H groups in total. The van der Waals surface area contributed by atoms with Crippen molar-refractivity contribution in [1.82, 2.24) is 4.90 Å². The van der Waals surface area contributed by atoms with E-state index in [-0.39, 0.29) is 5.91 Å². The van der Waals surface area contributed by atoms with Crippen LogP contribution in [0.2, 0.25) is 0 Å². The number of piperidine rings is 1. The molecule has 1 aromatic carbocycles. The number of ether oxygens (including phenoxy) is 1. The highest BCUT2D eigenvalue weighted by atomic mass is 16.5. The van der Waals surface area contributed by atoms with Crippen molar-refractivity contribution in [3.05, 3.63) is 23.8 Å². The standard InChI is InChI=1S/C16H24N2O2/c1-4-20-15-9-8-13(10-14(15)17)16(19)18-11(2)6-5-7-12(18)3/h8-12H,4-7,17H2,1-3H3. The van der Waals surface area contributed by atoms with Crippen LogP contribution >= 0.6 is 0 Å². The molecular weight excluding hydrogens is 252 g/mol. The minimum atomic E-state index is 0.0689. The van der Waals surface area contributed by atoms with Crippen LogP contribution in [-0.2, 0) is 0 Å². The van der Waals surface area contributed by atoms with Crippen molar-refractivity contribution in [2.24, 2.45) is 0 Å². The number of nitrogen functional groups attached to an aromatic ring is 1. The topological polar surface area (TPSA) is 55.6 Å². The molecule has 110 valence electrons. The third kappa shape index (κ3) is 2.89. The number of anilines is 1. The molecule has 2 atom stereocenters. The molecule has 1 aromatic rings. The molecule has 0 saturated carbocycles. The summed E-state index contributed by atoms with van der Waals surface area (Å²) in [5.74, 6) is 0.711. The quantitative estimate of drug-likeness (QED) is 0.863. The Labute approximate surface area is 120 Å². The molecule has 2 unspecified atom stereocenters. The summed E-state index contributed by atoms with van der Waals surface area (Å²) < 4.78 is 5.41. The second-order valence-electron chi connectivity index (χ2n) is 5.53. The van der Waals surface area contributed by atoms with Crippen LogP contribution in [0.1, 0.15) is 50.4 Å². The molecule has 1 saturated heterocycles. The molecule has 0 spiro atoms. The average Bonchev–Trinajstić information content (AvgIpc) is 2.41. The highest BCUT2D eigenvalue weighted by molar-refractivity contribution is 5.96. The van der Waals surface area contributed by atoms with E-state index >= 15 is 0 Å². The van der Waals surface area contributed by atoms with Gasteiger partial charge in [-0.15, -0.1) is 0 Å². The fourth-order valence-corrected chi connectivity index (χ4v) is 2.94. The number of nitrogens with two attached hydrogens (primary N) is 1. The summed E-state index contributed by atoms with van der Waals surface area (Å²) in [6, 6.07) is 5.89. The Balaban J connectivity index is 2.22. The summed E-state index contributed by atoms with van der Waals surface area (Å²) in [6.07, 6.45) is 3.34. The summed E-state index contributed by atoms with van der Waals surface area (Å²) in [7, 11) is 0. The highest BCUT2D eigenvalue weighted by Crippen LogP contribution is 2.27. The summed E-state index contributed by atoms with van der Waals surface area (Å²) in [5.41, 5.74) is 7.12. The van der Waals surface area contributed by atoms with Gasteiger partial charge in [0, 0.05) is 17.6 Å². The molecule has 0 radical (unpaired) electrons. The molecular formula is C16H24N2O2. The maximum Gasteiger partial charge on any atom is 0.254 e. The lowest BCUT2D eigenvalue weighted by Crippen LogP contribution is -2.47. The lowest BCUT2D eigenvalue weighted by molar-refractivity contribution is 0.0511. The lowest BCUT2D eigenvalue weighted by Gasteiger charge is -2.39. The van der Waals surface area contributed by atoms with E-state index in [0.717, 1.165) is 12.8 Å². The van der Waals surface area contributed by atoms with E-state index in [9.17, 15) is 4.79 Å². The van der Waals surface area contributed by atoms with Crippen LogP contribution in [0.15, 0.2) is 18.2 Å².